The Morgan fingerprint density at radius 1 is 1.18 bits per heavy atom. The van der Waals surface area contributed by atoms with E-state index in [0.29, 0.717) is 13.0 Å². The number of rotatable bonds is 13. The van der Waals surface area contributed by atoms with Crippen molar-refractivity contribution >= 4 is 17.7 Å². The predicted octanol–water partition coefficient (Wildman–Crippen LogP) is 5.70. The molecule has 0 saturated carbocycles. The van der Waals surface area contributed by atoms with Crippen LogP contribution in [0.1, 0.15) is 56.6 Å². The minimum absolute atomic E-state index is 0.0218. The minimum Gasteiger partial charge on any atom is -0.406 e. The quantitative estimate of drug-likeness (QED) is 0.147. The number of halogens is 4. The molecule has 1 unspecified atom stereocenters. The fourth-order valence-corrected chi connectivity index (χ4v) is 4.45. The van der Waals surface area contributed by atoms with Crippen LogP contribution in [0.5, 0.6) is 5.75 Å². The van der Waals surface area contributed by atoms with Gasteiger partial charge in [-0.2, -0.15) is 5.26 Å². The van der Waals surface area contributed by atoms with Crippen molar-refractivity contribution in [3.8, 4) is 11.8 Å². The molecule has 0 radical (unpaired) electrons. The summed E-state index contributed by atoms with van der Waals surface area (Å²) in [4.78, 5) is 19.4. The number of aldehydes is 1. The van der Waals surface area contributed by atoms with E-state index in [2.05, 4.69) is 14.6 Å². The van der Waals surface area contributed by atoms with Crippen molar-refractivity contribution in [3.05, 3.63) is 59.2 Å². The number of aromatic nitrogens is 1. The Labute approximate surface area is 225 Å². The molecule has 1 aromatic heterocycles. The van der Waals surface area contributed by atoms with Crippen molar-refractivity contribution in [1.29, 1.82) is 5.26 Å². The zero-order chi connectivity index (χ0) is 29.3. The van der Waals surface area contributed by atoms with E-state index in [4.69, 9.17) is 0 Å². The molecule has 12 heteroatoms. The third-order valence-corrected chi connectivity index (χ3v) is 6.27. The highest BCUT2D eigenvalue weighted by Crippen LogP contribution is 2.32. The number of pyridine rings is 1. The lowest BCUT2D eigenvalue weighted by atomic mass is 10.0. The van der Waals surface area contributed by atoms with Gasteiger partial charge in [0, 0.05) is 32.7 Å². The Morgan fingerprint density at radius 2 is 1.82 bits per heavy atom. The number of allylic oxidation sites excluding steroid dienone is 1. The summed E-state index contributed by atoms with van der Waals surface area (Å²) in [5, 5.41) is 20.1. The molecule has 39 heavy (non-hydrogen) atoms. The summed E-state index contributed by atoms with van der Waals surface area (Å²) in [5.74, 6) is -1.43. The molecule has 8 nitrogen and oxygen atoms in total. The van der Waals surface area contributed by atoms with E-state index in [-0.39, 0.29) is 53.4 Å². The highest BCUT2D eigenvalue weighted by molar-refractivity contribution is 5.87. The fraction of sp³-hybridized carbons (Fsp3) is 0.444. The van der Waals surface area contributed by atoms with Gasteiger partial charge in [-0.1, -0.05) is 26.0 Å². The molecule has 1 heterocycles. The molecule has 0 aliphatic rings. The van der Waals surface area contributed by atoms with Crippen LogP contribution in [-0.2, 0) is 4.79 Å². The van der Waals surface area contributed by atoms with E-state index >= 15 is 4.39 Å². The van der Waals surface area contributed by atoms with Gasteiger partial charge in [-0.15, -0.1) is 13.2 Å². The molecule has 0 amide bonds. The normalized spacial score (nSPS) is 13.8. The summed E-state index contributed by atoms with van der Waals surface area (Å²) in [6.45, 7) is 6.75. The minimum atomic E-state index is -4.78. The number of nitriles is 1. The van der Waals surface area contributed by atoms with Gasteiger partial charge in [0.15, 0.2) is 12.1 Å². The number of alkyl halides is 3. The molecular formula is C27H33F4N5O3. The van der Waals surface area contributed by atoms with E-state index in [1.165, 1.54) is 36.2 Å². The molecule has 0 spiro atoms. The largest absolute Gasteiger partial charge is 0.573 e. The first-order valence-corrected chi connectivity index (χ1v) is 12.4. The summed E-state index contributed by atoms with van der Waals surface area (Å²) in [6.07, 6.45) is -3.34. The molecule has 0 aliphatic carbocycles. The summed E-state index contributed by atoms with van der Waals surface area (Å²) in [6, 6.07) is 9.92. The molecule has 0 aliphatic heterocycles. The number of anilines is 1. The SMILES string of the molecule is CCCN(C(C)c1ccc(OC(F)(F)F)cc1)[C@H](CC)CN(C)/C(=C(\F)C=O)c1nc(C#N)ccc1N(C)O. The molecule has 1 aromatic carbocycles. The first-order valence-electron chi connectivity index (χ1n) is 12.4. The maximum absolute atomic E-state index is 15.0. The average Bonchev–Trinajstić information content (AvgIpc) is 2.89. The van der Waals surface area contributed by atoms with Crippen LogP contribution >= 0.6 is 0 Å². The summed E-state index contributed by atoms with van der Waals surface area (Å²) in [5.41, 5.74) is 0.583. The lowest BCUT2D eigenvalue weighted by Gasteiger charge is -2.39. The number of nitrogens with zero attached hydrogens (tertiary/aromatic N) is 5. The number of carbonyl (C=O) groups is 1. The maximum atomic E-state index is 15.0. The van der Waals surface area contributed by atoms with Crippen LogP contribution in [0.15, 0.2) is 42.2 Å². The van der Waals surface area contributed by atoms with Gasteiger partial charge >= 0.3 is 6.36 Å². The van der Waals surface area contributed by atoms with Gasteiger partial charge in [0.2, 0.25) is 0 Å². The van der Waals surface area contributed by atoms with Crippen LogP contribution in [0.25, 0.3) is 5.70 Å². The van der Waals surface area contributed by atoms with Crippen molar-refractivity contribution in [3.63, 3.8) is 0 Å². The van der Waals surface area contributed by atoms with Crippen LogP contribution in [-0.4, -0.2) is 65.9 Å². The Balaban J connectivity index is 2.43. The van der Waals surface area contributed by atoms with Crippen molar-refractivity contribution in [1.82, 2.24) is 14.8 Å². The van der Waals surface area contributed by atoms with Gasteiger partial charge in [0.05, 0.1) is 5.69 Å². The number of benzene rings is 1. The van der Waals surface area contributed by atoms with Crippen LogP contribution in [0.3, 0.4) is 0 Å². The van der Waals surface area contributed by atoms with E-state index in [1.807, 2.05) is 26.8 Å². The lowest BCUT2D eigenvalue weighted by Crippen LogP contribution is -2.44. The second-order valence-corrected chi connectivity index (χ2v) is 8.99. The maximum Gasteiger partial charge on any atom is 0.573 e. The topological polar surface area (TPSA) is 92.9 Å². The molecule has 2 rings (SSSR count). The first kappa shape index (κ1) is 31.5. The number of ether oxygens (including phenoxy) is 1. The van der Waals surface area contributed by atoms with Gasteiger partial charge in [-0.3, -0.25) is 20.0 Å². The number of hydroxylamine groups is 1. The molecule has 2 atom stereocenters. The highest BCUT2D eigenvalue weighted by atomic mass is 19.4. The van der Waals surface area contributed by atoms with Gasteiger partial charge in [0.1, 0.15) is 28.9 Å². The van der Waals surface area contributed by atoms with E-state index < -0.39 is 12.2 Å². The molecule has 1 N–H and O–H groups in total. The number of carbonyl (C=O) groups excluding carboxylic acids is 1. The molecule has 0 saturated heterocycles. The van der Waals surface area contributed by atoms with Crippen molar-refractivity contribution in [2.45, 2.75) is 52.1 Å². The first-order chi connectivity index (χ1) is 18.4. The Bertz CT molecular complexity index is 1180. The molecular weight excluding hydrogens is 518 g/mol. The Hall–Kier alpha value is -3.69. The van der Waals surface area contributed by atoms with Crippen LogP contribution < -0.4 is 9.80 Å². The van der Waals surface area contributed by atoms with E-state index in [9.17, 15) is 28.4 Å². The van der Waals surface area contributed by atoms with Crippen molar-refractivity contribution in [2.75, 3.05) is 32.2 Å². The van der Waals surface area contributed by atoms with Crippen LogP contribution in [0, 0.1) is 11.3 Å². The fourth-order valence-electron chi connectivity index (χ4n) is 4.45. The summed E-state index contributed by atoms with van der Waals surface area (Å²) >= 11 is 0. The van der Waals surface area contributed by atoms with E-state index in [1.54, 1.807) is 19.2 Å². The number of hydrogen-bond donors (Lipinski definition) is 1. The third-order valence-electron chi connectivity index (χ3n) is 6.27. The smallest absolute Gasteiger partial charge is 0.406 e. The number of hydrogen-bond acceptors (Lipinski definition) is 8. The van der Waals surface area contributed by atoms with E-state index in [0.717, 1.165) is 17.0 Å². The molecule has 2 aromatic rings. The number of likely N-dealkylation sites (N-methyl/N-ethyl adjacent to an activating group) is 1. The van der Waals surface area contributed by atoms with Gasteiger partial charge in [-0.05, 0) is 56.1 Å². The summed E-state index contributed by atoms with van der Waals surface area (Å²) < 4.78 is 56.7. The van der Waals surface area contributed by atoms with Gasteiger partial charge in [-0.25, -0.2) is 9.37 Å². The molecule has 0 fully saturated rings. The standard InChI is InChI=1S/C27H33F4N5O3/c1-6-14-36(18(3)19-8-11-22(12-9-19)39-27(29,30)31)21(7-2)16-34(4)26(23(28)17-37)25-24(35(5)38)13-10-20(15-32)33-25/h8-13,17-18,21,38H,6-7,14,16H2,1-5H3/b26-23-/t18?,21-/m1/s1. The lowest BCUT2D eigenvalue weighted by molar-refractivity contribution is -0.274. The molecule has 0 bridgehead atoms. The molecule has 212 valence electrons. The third kappa shape index (κ3) is 8.40. The van der Waals surface area contributed by atoms with Gasteiger partial charge < -0.3 is 9.64 Å². The Kier molecular flexibility index (Phi) is 11.2. The monoisotopic (exact) mass is 551 g/mol. The average molecular weight is 552 g/mol. The van der Waals surface area contributed by atoms with Crippen LogP contribution in [0.4, 0.5) is 23.2 Å². The second-order valence-electron chi connectivity index (χ2n) is 8.99. The summed E-state index contributed by atoms with van der Waals surface area (Å²) in [7, 11) is 2.90. The van der Waals surface area contributed by atoms with Crippen molar-refractivity contribution < 1.29 is 32.3 Å². The predicted molar refractivity (Wildman–Crippen MR) is 138 cm³/mol. The highest BCUT2D eigenvalue weighted by Gasteiger charge is 2.31. The zero-order valence-corrected chi connectivity index (χ0v) is 22.5. The van der Waals surface area contributed by atoms with Crippen LogP contribution in [0.2, 0.25) is 0 Å². The van der Waals surface area contributed by atoms with Crippen molar-refractivity contribution in [2.24, 2.45) is 0 Å². The van der Waals surface area contributed by atoms with Gasteiger partial charge in [0.25, 0.3) is 0 Å². The Morgan fingerprint density at radius 3 is 2.31 bits per heavy atom. The zero-order valence-electron chi connectivity index (χ0n) is 22.5. The second kappa shape index (κ2) is 13.9.